The summed E-state index contributed by atoms with van der Waals surface area (Å²) >= 11 is 0. The van der Waals surface area contributed by atoms with E-state index in [9.17, 15) is 9.59 Å². The molecule has 124 valence electrons. The van der Waals surface area contributed by atoms with Crippen molar-refractivity contribution >= 4 is 22.9 Å². The van der Waals surface area contributed by atoms with E-state index in [-0.39, 0.29) is 6.04 Å². The number of aryl methyl sites for hydroxylation is 1. The smallest absolute Gasteiger partial charge is 0.326 e. The fraction of sp³-hybridized carbons (Fsp3) is 0.500. The van der Waals surface area contributed by atoms with Crippen molar-refractivity contribution in [2.75, 3.05) is 0 Å². The van der Waals surface area contributed by atoms with Crippen LogP contribution in [0.1, 0.15) is 55.7 Å². The van der Waals surface area contributed by atoms with E-state index < -0.39 is 17.9 Å². The van der Waals surface area contributed by atoms with Gasteiger partial charge in [-0.25, -0.2) is 14.5 Å². The molecule has 0 aliphatic rings. The Morgan fingerprint density at radius 3 is 2.61 bits per heavy atom. The third-order valence-electron chi connectivity index (χ3n) is 3.96. The first kappa shape index (κ1) is 16.9. The lowest BCUT2D eigenvalue weighted by Gasteiger charge is -2.14. The molecule has 0 aliphatic heterocycles. The van der Waals surface area contributed by atoms with Gasteiger partial charge < -0.3 is 10.4 Å². The fourth-order valence-corrected chi connectivity index (χ4v) is 2.40. The van der Waals surface area contributed by atoms with Crippen molar-refractivity contribution in [1.82, 2.24) is 20.1 Å². The van der Waals surface area contributed by atoms with Crippen LogP contribution in [0.15, 0.2) is 12.3 Å². The minimum Gasteiger partial charge on any atom is -0.480 e. The Bertz CT molecular complexity index is 738. The first-order valence-corrected chi connectivity index (χ1v) is 7.77. The van der Waals surface area contributed by atoms with Crippen LogP contribution in [0, 0.1) is 6.92 Å². The van der Waals surface area contributed by atoms with Crippen LogP contribution in [0.25, 0.3) is 11.0 Å². The van der Waals surface area contributed by atoms with Gasteiger partial charge in [0, 0.05) is 5.69 Å². The quantitative estimate of drug-likeness (QED) is 0.852. The van der Waals surface area contributed by atoms with Gasteiger partial charge in [-0.05, 0) is 32.8 Å². The van der Waals surface area contributed by atoms with Crippen LogP contribution in [-0.2, 0) is 4.79 Å². The minimum atomic E-state index is -1.04. The lowest BCUT2D eigenvalue weighted by molar-refractivity contribution is -0.139. The van der Waals surface area contributed by atoms with Crippen LogP contribution in [-0.4, -0.2) is 37.8 Å². The standard InChI is InChI=1S/C16H22N4O3/c1-5-10(4)20-14-12(8-17-20)11(7-9(3)18-14)15(21)19-13(6-2)16(22)23/h7-8,10,13H,5-6H2,1-4H3,(H,19,21)(H,22,23). The molecule has 2 aromatic rings. The van der Waals surface area contributed by atoms with Gasteiger partial charge in [0.15, 0.2) is 5.65 Å². The highest BCUT2D eigenvalue weighted by molar-refractivity contribution is 6.06. The number of fused-ring (bicyclic) bond motifs is 1. The van der Waals surface area contributed by atoms with Crippen molar-refractivity contribution in [1.29, 1.82) is 0 Å². The van der Waals surface area contributed by atoms with Crippen molar-refractivity contribution in [3.8, 4) is 0 Å². The number of carboxylic acid groups (broad SMARTS) is 1. The highest BCUT2D eigenvalue weighted by atomic mass is 16.4. The molecule has 1 amide bonds. The van der Waals surface area contributed by atoms with Gasteiger partial charge in [0.25, 0.3) is 5.91 Å². The molecule has 0 radical (unpaired) electrons. The van der Waals surface area contributed by atoms with Gasteiger partial charge in [0.2, 0.25) is 0 Å². The predicted molar refractivity (Wildman–Crippen MR) is 86.4 cm³/mol. The molecule has 0 bridgehead atoms. The average molecular weight is 318 g/mol. The number of nitrogens with zero attached hydrogens (tertiary/aromatic N) is 3. The number of hydrogen-bond donors (Lipinski definition) is 2. The Balaban J connectivity index is 2.46. The summed E-state index contributed by atoms with van der Waals surface area (Å²) in [6, 6.07) is 0.922. The maximum absolute atomic E-state index is 12.5. The number of aromatic nitrogens is 3. The predicted octanol–water partition coefficient (Wildman–Crippen LogP) is 2.30. The summed E-state index contributed by atoms with van der Waals surface area (Å²) in [4.78, 5) is 28.1. The third kappa shape index (κ3) is 3.33. The van der Waals surface area contributed by atoms with Gasteiger partial charge in [0.1, 0.15) is 6.04 Å². The molecule has 23 heavy (non-hydrogen) atoms. The first-order valence-electron chi connectivity index (χ1n) is 7.77. The van der Waals surface area contributed by atoms with E-state index in [1.807, 2.05) is 6.92 Å². The second-order valence-corrected chi connectivity index (χ2v) is 5.67. The van der Waals surface area contributed by atoms with Crippen LogP contribution in [0.5, 0.6) is 0 Å². The molecule has 0 aromatic carbocycles. The highest BCUT2D eigenvalue weighted by Crippen LogP contribution is 2.22. The van der Waals surface area contributed by atoms with Crippen LogP contribution in [0.2, 0.25) is 0 Å². The van der Waals surface area contributed by atoms with E-state index in [2.05, 4.69) is 22.3 Å². The van der Waals surface area contributed by atoms with Gasteiger partial charge in [-0.15, -0.1) is 0 Å². The van der Waals surface area contributed by atoms with E-state index in [0.29, 0.717) is 28.7 Å². The maximum Gasteiger partial charge on any atom is 0.326 e. The number of carbonyl (C=O) groups is 2. The molecule has 7 nitrogen and oxygen atoms in total. The highest BCUT2D eigenvalue weighted by Gasteiger charge is 2.22. The largest absolute Gasteiger partial charge is 0.480 e. The number of amides is 1. The summed E-state index contributed by atoms with van der Waals surface area (Å²) in [5.74, 6) is -1.46. The molecular weight excluding hydrogens is 296 g/mol. The molecule has 2 rings (SSSR count). The molecule has 0 aliphatic carbocycles. The van der Waals surface area contributed by atoms with E-state index in [1.165, 1.54) is 0 Å². The maximum atomic E-state index is 12.5. The fourth-order valence-electron chi connectivity index (χ4n) is 2.40. The molecule has 2 aromatic heterocycles. The van der Waals surface area contributed by atoms with Crippen LogP contribution in [0.3, 0.4) is 0 Å². The average Bonchev–Trinajstić information content (AvgIpc) is 2.93. The van der Waals surface area contributed by atoms with Gasteiger partial charge in [0.05, 0.1) is 23.2 Å². The van der Waals surface area contributed by atoms with Gasteiger partial charge in [-0.2, -0.15) is 5.10 Å². The number of pyridine rings is 1. The minimum absolute atomic E-state index is 0.167. The van der Waals surface area contributed by atoms with Gasteiger partial charge >= 0.3 is 5.97 Å². The number of nitrogens with one attached hydrogen (secondary N) is 1. The molecule has 2 atom stereocenters. The van der Waals surface area contributed by atoms with Gasteiger partial charge in [-0.3, -0.25) is 4.79 Å². The van der Waals surface area contributed by atoms with E-state index in [1.54, 1.807) is 30.8 Å². The Morgan fingerprint density at radius 2 is 2.04 bits per heavy atom. The van der Waals surface area contributed by atoms with Crippen molar-refractivity contribution in [2.24, 2.45) is 0 Å². The summed E-state index contributed by atoms with van der Waals surface area (Å²) in [6.07, 6.45) is 2.83. The number of rotatable bonds is 6. The zero-order valence-electron chi connectivity index (χ0n) is 13.8. The topological polar surface area (TPSA) is 97.1 Å². The monoisotopic (exact) mass is 318 g/mol. The lowest BCUT2D eigenvalue weighted by Crippen LogP contribution is -2.40. The van der Waals surface area contributed by atoms with E-state index in [0.717, 1.165) is 6.42 Å². The molecule has 2 heterocycles. The SMILES string of the molecule is CCC(NC(=O)c1cc(C)nc2c1cnn2C(C)CC)C(=O)O. The Labute approximate surface area is 134 Å². The van der Waals surface area contributed by atoms with E-state index in [4.69, 9.17) is 5.11 Å². The van der Waals surface area contributed by atoms with Crippen molar-refractivity contribution in [2.45, 2.75) is 52.6 Å². The van der Waals surface area contributed by atoms with Crippen LogP contribution in [0.4, 0.5) is 0 Å². The Kier molecular flexibility index (Phi) is 4.98. The molecular formula is C16H22N4O3. The van der Waals surface area contributed by atoms with Crippen molar-refractivity contribution in [3.05, 3.63) is 23.5 Å². The second kappa shape index (κ2) is 6.76. The Hall–Kier alpha value is -2.44. The number of aliphatic carboxylic acids is 1. The van der Waals surface area contributed by atoms with Crippen molar-refractivity contribution < 1.29 is 14.7 Å². The second-order valence-electron chi connectivity index (χ2n) is 5.67. The molecule has 0 fully saturated rings. The van der Waals surface area contributed by atoms with Crippen LogP contribution < -0.4 is 5.32 Å². The summed E-state index contributed by atoms with van der Waals surface area (Å²) in [6.45, 7) is 7.61. The first-order chi connectivity index (χ1) is 10.9. The Morgan fingerprint density at radius 1 is 1.35 bits per heavy atom. The number of carbonyl (C=O) groups excluding carboxylic acids is 1. The normalized spacial score (nSPS) is 13.7. The molecule has 2 unspecified atom stereocenters. The lowest BCUT2D eigenvalue weighted by atomic mass is 10.1. The van der Waals surface area contributed by atoms with Crippen molar-refractivity contribution in [3.63, 3.8) is 0 Å². The molecule has 0 spiro atoms. The number of hydrogen-bond acceptors (Lipinski definition) is 4. The van der Waals surface area contributed by atoms with E-state index >= 15 is 0 Å². The summed E-state index contributed by atoms with van der Waals surface area (Å²) < 4.78 is 1.80. The summed E-state index contributed by atoms with van der Waals surface area (Å²) in [7, 11) is 0. The third-order valence-corrected chi connectivity index (χ3v) is 3.96. The zero-order chi connectivity index (χ0) is 17.1. The molecule has 7 heteroatoms. The van der Waals surface area contributed by atoms with Gasteiger partial charge in [-0.1, -0.05) is 13.8 Å². The zero-order valence-corrected chi connectivity index (χ0v) is 13.8. The number of carboxylic acids is 1. The molecule has 0 saturated heterocycles. The summed E-state index contributed by atoms with van der Waals surface area (Å²) in [5.41, 5.74) is 1.74. The molecule has 0 saturated carbocycles. The molecule has 2 N–H and O–H groups in total. The summed E-state index contributed by atoms with van der Waals surface area (Å²) in [5, 5.41) is 16.6. The van der Waals surface area contributed by atoms with Crippen LogP contribution >= 0.6 is 0 Å².